The van der Waals surface area contributed by atoms with Crippen LogP contribution in [0, 0.1) is 5.82 Å². The molecule has 0 fully saturated rings. The number of benzene rings is 1. The summed E-state index contributed by atoms with van der Waals surface area (Å²) < 4.78 is 25.6. The fourth-order valence-corrected chi connectivity index (χ4v) is 2.03. The standard InChI is InChI=1S/C15H20FN3O2/c1-20-8-6-17-10-15-18-5-7-19(15)11-12-3-4-14(21-2)13(16)9-12/h3-5,7,9,17H,6,8,10-11H2,1-2H3. The fourth-order valence-electron chi connectivity index (χ4n) is 2.03. The molecule has 5 nitrogen and oxygen atoms in total. The van der Waals surface area contributed by atoms with Gasteiger partial charge in [-0.05, 0) is 17.7 Å². The molecule has 0 atom stereocenters. The van der Waals surface area contributed by atoms with Crippen molar-refractivity contribution in [2.75, 3.05) is 27.4 Å². The minimum Gasteiger partial charge on any atom is -0.494 e. The van der Waals surface area contributed by atoms with Crippen LogP contribution in [0.15, 0.2) is 30.6 Å². The van der Waals surface area contributed by atoms with E-state index in [1.54, 1.807) is 19.4 Å². The van der Waals surface area contributed by atoms with Crippen molar-refractivity contribution in [1.29, 1.82) is 0 Å². The first-order valence-corrected chi connectivity index (χ1v) is 6.76. The van der Waals surface area contributed by atoms with E-state index in [1.807, 2.05) is 16.8 Å². The van der Waals surface area contributed by atoms with Crippen molar-refractivity contribution >= 4 is 0 Å². The summed E-state index contributed by atoms with van der Waals surface area (Å²) in [5.74, 6) is 0.808. The molecule has 0 aliphatic heterocycles. The highest BCUT2D eigenvalue weighted by Crippen LogP contribution is 2.18. The van der Waals surface area contributed by atoms with Gasteiger partial charge < -0.3 is 19.4 Å². The lowest BCUT2D eigenvalue weighted by Crippen LogP contribution is -2.21. The van der Waals surface area contributed by atoms with Crippen molar-refractivity contribution < 1.29 is 13.9 Å². The first kappa shape index (κ1) is 15.5. The molecule has 0 aliphatic rings. The summed E-state index contributed by atoms with van der Waals surface area (Å²) in [6, 6.07) is 4.98. The van der Waals surface area contributed by atoms with Crippen LogP contribution in [0.25, 0.3) is 0 Å². The molecule has 0 bridgehead atoms. The van der Waals surface area contributed by atoms with E-state index in [-0.39, 0.29) is 11.6 Å². The largest absolute Gasteiger partial charge is 0.494 e. The zero-order valence-corrected chi connectivity index (χ0v) is 12.3. The first-order valence-electron chi connectivity index (χ1n) is 6.76. The summed E-state index contributed by atoms with van der Waals surface area (Å²) in [5, 5.41) is 3.24. The summed E-state index contributed by atoms with van der Waals surface area (Å²) in [4.78, 5) is 4.31. The van der Waals surface area contributed by atoms with E-state index >= 15 is 0 Å². The van der Waals surface area contributed by atoms with Crippen molar-refractivity contribution in [2.24, 2.45) is 0 Å². The number of imidazole rings is 1. The average Bonchev–Trinajstić information content (AvgIpc) is 2.91. The molecule has 0 amide bonds. The Kier molecular flexibility index (Phi) is 5.71. The summed E-state index contributed by atoms with van der Waals surface area (Å²) in [6.45, 7) is 2.64. The van der Waals surface area contributed by atoms with E-state index in [0.717, 1.165) is 17.9 Å². The zero-order valence-electron chi connectivity index (χ0n) is 12.3. The Bertz CT molecular complexity index is 572. The topological polar surface area (TPSA) is 48.3 Å². The smallest absolute Gasteiger partial charge is 0.165 e. The molecule has 2 aromatic rings. The van der Waals surface area contributed by atoms with E-state index in [0.29, 0.717) is 19.7 Å². The highest BCUT2D eigenvalue weighted by Gasteiger charge is 2.06. The van der Waals surface area contributed by atoms with Crippen molar-refractivity contribution in [3.8, 4) is 5.75 Å². The molecule has 1 N–H and O–H groups in total. The third-order valence-electron chi connectivity index (χ3n) is 3.14. The molecule has 114 valence electrons. The van der Waals surface area contributed by atoms with Crippen LogP contribution in [0.1, 0.15) is 11.4 Å². The van der Waals surface area contributed by atoms with Gasteiger partial charge in [-0.15, -0.1) is 0 Å². The maximum atomic E-state index is 13.7. The van der Waals surface area contributed by atoms with Crippen LogP contribution in [0.5, 0.6) is 5.75 Å². The van der Waals surface area contributed by atoms with Gasteiger partial charge in [0.25, 0.3) is 0 Å². The molecule has 2 rings (SSSR count). The highest BCUT2D eigenvalue weighted by molar-refractivity contribution is 5.29. The van der Waals surface area contributed by atoms with Crippen molar-refractivity contribution in [2.45, 2.75) is 13.1 Å². The molecule has 1 aromatic heterocycles. The van der Waals surface area contributed by atoms with Crippen molar-refractivity contribution in [3.05, 3.63) is 47.8 Å². The number of nitrogens with one attached hydrogen (secondary N) is 1. The molecule has 0 saturated heterocycles. The number of ether oxygens (including phenoxy) is 2. The average molecular weight is 293 g/mol. The fraction of sp³-hybridized carbons (Fsp3) is 0.400. The van der Waals surface area contributed by atoms with E-state index < -0.39 is 0 Å². The molecule has 0 unspecified atom stereocenters. The summed E-state index contributed by atoms with van der Waals surface area (Å²) in [6.07, 6.45) is 3.63. The molecule has 1 heterocycles. The second kappa shape index (κ2) is 7.75. The van der Waals surface area contributed by atoms with Crippen molar-refractivity contribution in [1.82, 2.24) is 14.9 Å². The molecular weight excluding hydrogens is 273 g/mol. The number of hydrogen-bond donors (Lipinski definition) is 1. The molecule has 0 saturated carbocycles. The summed E-state index contributed by atoms with van der Waals surface area (Å²) >= 11 is 0. The number of halogens is 1. The van der Waals surface area contributed by atoms with Gasteiger partial charge in [0, 0.05) is 32.6 Å². The molecule has 1 aromatic carbocycles. The normalized spacial score (nSPS) is 10.8. The predicted molar refractivity (Wildman–Crippen MR) is 77.9 cm³/mol. The lowest BCUT2D eigenvalue weighted by atomic mass is 10.2. The Hall–Kier alpha value is -1.92. The predicted octanol–water partition coefficient (Wildman–Crippen LogP) is 1.82. The van der Waals surface area contributed by atoms with Crippen LogP contribution < -0.4 is 10.1 Å². The Morgan fingerprint density at radius 3 is 2.90 bits per heavy atom. The lowest BCUT2D eigenvalue weighted by molar-refractivity contribution is 0.199. The second-order valence-corrected chi connectivity index (χ2v) is 4.61. The SMILES string of the molecule is COCCNCc1nccn1Cc1ccc(OC)c(F)c1. The number of rotatable bonds is 8. The highest BCUT2D eigenvalue weighted by atomic mass is 19.1. The van der Waals surface area contributed by atoms with E-state index in [1.165, 1.54) is 13.2 Å². The Morgan fingerprint density at radius 2 is 2.19 bits per heavy atom. The zero-order chi connectivity index (χ0) is 15.1. The molecule has 0 spiro atoms. The van der Waals surface area contributed by atoms with E-state index in [4.69, 9.17) is 9.47 Å². The molecule has 21 heavy (non-hydrogen) atoms. The first-order chi connectivity index (χ1) is 10.2. The van der Waals surface area contributed by atoms with Gasteiger partial charge in [-0.1, -0.05) is 6.07 Å². The molecule has 0 radical (unpaired) electrons. The monoisotopic (exact) mass is 293 g/mol. The third kappa shape index (κ3) is 4.27. The summed E-state index contributed by atoms with van der Waals surface area (Å²) in [5.41, 5.74) is 0.865. The summed E-state index contributed by atoms with van der Waals surface area (Å²) in [7, 11) is 3.12. The second-order valence-electron chi connectivity index (χ2n) is 4.61. The number of methoxy groups -OCH3 is 2. The Labute approximate surface area is 123 Å². The van der Waals surface area contributed by atoms with Crippen LogP contribution in [0.4, 0.5) is 4.39 Å². The van der Waals surface area contributed by atoms with Crippen LogP contribution in [0.2, 0.25) is 0 Å². The minimum absolute atomic E-state index is 0.255. The molecule has 6 heteroatoms. The maximum absolute atomic E-state index is 13.7. The van der Waals surface area contributed by atoms with E-state index in [9.17, 15) is 4.39 Å². The van der Waals surface area contributed by atoms with Gasteiger partial charge >= 0.3 is 0 Å². The Balaban J connectivity index is 1.99. The van der Waals surface area contributed by atoms with Crippen molar-refractivity contribution in [3.63, 3.8) is 0 Å². The van der Waals surface area contributed by atoms with Crippen LogP contribution in [-0.2, 0) is 17.8 Å². The van der Waals surface area contributed by atoms with Gasteiger partial charge in [0.1, 0.15) is 5.82 Å². The lowest BCUT2D eigenvalue weighted by Gasteiger charge is -2.10. The van der Waals surface area contributed by atoms with Gasteiger partial charge in [0.05, 0.1) is 20.3 Å². The third-order valence-corrected chi connectivity index (χ3v) is 3.14. The number of aromatic nitrogens is 2. The maximum Gasteiger partial charge on any atom is 0.165 e. The quantitative estimate of drug-likeness (QED) is 0.754. The number of hydrogen-bond acceptors (Lipinski definition) is 4. The number of nitrogens with zero attached hydrogens (tertiary/aromatic N) is 2. The van der Waals surface area contributed by atoms with Crippen LogP contribution >= 0.6 is 0 Å². The van der Waals surface area contributed by atoms with Gasteiger partial charge in [-0.25, -0.2) is 9.37 Å². The Morgan fingerprint density at radius 1 is 1.33 bits per heavy atom. The molecular formula is C15H20FN3O2. The van der Waals surface area contributed by atoms with Gasteiger partial charge in [-0.2, -0.15) is 0 Å². The van der Waals surface area contributed by atoms with Gasteiger partial charge in [0.2, 0.25) is 0 Å². The van der Waals surface area contributed by atoms with E-state index in [2.05, 4.69) is 10.3 Å². The van der Waals surface area contributed by atoms with Crippen LogP contribution in [0.3, 0.4) is 0 Å². The van der Waals surface area contributed by atoms with Gasteiger partial charge in [-0.3, -0.25) is 0 Å². The van der Waals surface area contributed by atoms with Gasteiger partial charge in [0.15, 0.2) is 11.6 Å². The van der Waals surface area contributed by atoms with Crippen LogP contribution in [-0.4, -0.2) is 36.9 Å². The molecule has 0 aliphatic carbocycles. The minimum atomic E-state index is -0.352.